The number of nitrogens with one attached hydrogen (secondary N) is 1. The van der Waals surface area contributed by atoms with E-state index < -0.39 is 11.6 Å². The molecule has 1 aliphatic heterocycles. The summed E-state index contributed by atoms with van der Waals surface area (Å²) in [5, 5.41) is 3.17. The number of amides is 1. The van der Waals surface area contributed by atoms with Crippen LogP contribution in [0.1, 0.15) is 31.3 Å². The van der Waals surface area contributed by atoms with E-state index in [-0.39, 0.29) is 22.8 Å². The van der Waals surface area contributed by atoms with Gasteiger partial charge in [-0.1, -0.05) is 11.6 Å². The topological polar surface area (TPSA) is 96.9 Å². The quantitative estimate of drug-likeness (QED) is 0.708. The van der Waals surface area contributed by atoms with Crippen LogP contribution in [0.15, 0.2) is 30.5 Å². The van der Waals surface area contributed by atoms with Crippen molar-refractivity contribution in [2.24, 2.45) is 0 Å². The fourth-order valence-electron chi connectivity index (χ4n) is 3.03. The number of nitrogens with zero attached hydrogens (tertiary/aromatic N) is 4. The highest BCUT2D eigenvalue weighted by molar-refractivity contribution is 6.33. The molecule has 1 amide bonds. The standard InChI is InChI=1S/C21H26ClN5O4/c1-21(2,3)31-20(29)27-11-9-26(10-12-27)15-7-5-14(6-8-15)24-19-23-13-16(22)17(25-19)18(28)30-4/h5-8,13H,9-12H2,1-4H3,(H,23,24,25). The molecule has 0 saturated carbocycles. The smallest absolute Gasteiger partial charge is 0.410 e. The van der Waals surface area contributed by atoms with Crippen LogP contribution in [0.4, 0.5) is 22.1 Å². The minimum Gasteiger partial charge on any atom is -0.464 e. The number of methoxy groups -OCH3 is 1. The van der Waals surface area contributed by atoms with E-state index >= 15 is 0 Å². The minimum atomic E-state index is -0.628. The van der Waals surface area contributed by atoms with Crippen molar-refractivity contribution in [3.63, 3.8) is 0 Å². The Balaban J connectivity index is 1.59. The minimum absolute atomic E-state index is 0.00106. The summed E-state index contributed by atoms with van der Waals surface area (Å²) in [6.07, 6.45) is 1.07. The number of carbonyl (C=O) groups is 2. The maximum atomic E-state index is 12.2. The fraction of sp³-hybridized carbons (Fsp3) is 0.429. The van der Waals surface area contributed by atoms with E-state index in [1.165, 1.54) is 13.3 Å². The van der Waals surface area contributed by atoms with Gasteiger partial charge in [-0.15, -0.1) is 0 Å². The number of esters is 1. The van der Waals surface area contributed by atoms with E-state index in [1.54, 1.807) is 4.90 Å². The summed E-state index contributed by atoms with van der Waals surface area (Å²) in [5.41, 5.74) is 1.31. The van der Waals surface area contributed by atoms with Gasteiger partial charge in [0.2, 0.25) is 5.95 Å². The summed E-state index contributed by atoms with van der Waals surface area (Å²) in [7, 11) is 1.26. The lowest BCUT2D eigenvalue weighted by molar-refractivity contribution is 0.0240. The highest BCUT2D eigenvalue weighted by Gasteiger charge is 2.26. The molecule has 2 heterocycles. The zero-order valence-electron chi connectivity index (χ0n) is 18.0. The van der Waals surface area contributed by atoms with Gasteiger partial charge in [0.05, 0.1) is 18.3 Å². The van der Waals surface area contributed by atoms with Gasteiger partial charge in [0.1, 0.15) is 5.60 Å². The van der Waals surface area contributed by atoms with Gasteiger partial charge in [-0.3, -0.25) is 0 Å². The lowest BCUT2D eigenvalue weighted by atomic mass is 10.2. The maximum absolute atomic E-state index is 12.2. The van der Waals surface area contributed by atoms with E-state index in [1.807, 2.05) is 45.0 Å². The molecule has 1 saturated heterocycles. The van der Waals surface area contributed by atoms with Crippen molar-refractivity contribution in [1.82, 2.24) is 14.9 Å². The van der Waals surface area contributed by atoms with Gasteiger partial charge in [-0.05, 0) is 45.0 Å². The number of hydrogen-bond acceptors (Lipinski definition) is 8. The summed E-state index contributed by atoms with van der Waals surface area (Å²) in [4.78, 5) is 36.1. The Labute approximate surface area is 186 Å². The second-order valence-electron chi connectivity index (χ2n) is 8.01. The van der Waals surface area contributed by atoms with Gasteiger partial charge in [-0.25, -0.2) is 19.6 Å². The van der Waals surface area contributed by atoms with Gasteiger partial charge < -0.3 is 24.6 Å². The largest absolute Gasteiger partial charge is 0.464 e. The molecule has 0 bridgehead atoms. The molecule has 0 spiro atoms. The van der Waals surface area contributed by atoms with Gasteiger partial charge in [-0.2, -0.15) is 0 Å². The number of carbonyl (C=O) groups excluding carboxylic acids is 2. The SMILES string of the molecule is COC(=O)c1nc(Nc2ccc(N3CCN(C(=O)OC(C)(C)C)CC3)cc2)ncc1Cl. The summed E-state index contributed by atoms with van der Waals surface area (Å²) in [5.74, 6) is -0.389. The number of anilines is 3. The second kappa shape index (κ2) is 9.38. The molecule has 1 aromatic heterocycles. The third kappa shape index (κ3) is 5.97. The van der Waals surface area contributed by atoms with Gasteiger partial charge >= 0.3 is 12.1 Å². The molecular weight excluding hydrogens is 422 g/mol. The average molecular weight is 448 g/mol. The normalized spacial score (nSPS) is 14.2. The van der Waals surface area contributed by atoms with E-state index in [4.69, 9.17) is 16.3 Å². The number of benzene rings is 1. The predicted octanol–water partition coefficient (Wildman–Crippen LogP) is 3.72. The number of ether oxygens (including phenoxy) is 2. The van der Waals surface area contributed by atoms with Crippen LogP contribution < -0.4 is 10.2 Å². The number of rotatable bonds is 4. The first-order valence-electron chi connectivity index (χ1n) is 9.87. The van der Waals surface area contributed by atoms with Crippen molar-refractivity contribution in [3.05, 3.63) is 41.2 Å². The van der Waals surface area contributed by atoms with Crippen LogP contribution in [0.5, 0.6) is 0 Å². The summed E-state index contributed by atoms with van der Waals surface area (Å²) < 4.78 is 10.1. The summed E-state index contributed by atoms with van der Waals surface area (Å²) in [6, 6.07) is 7.74. The number of hydrogen-bond donors (Lipinski definition) is 1. The molecule has 0 atom stereocenters. The number of halogens is 1. The first-order valence-corrected chi connectivity index (χ1v) is 10.2. The first-order chi connectivity index (χ1) is 14.7. The van der Waals surface area contributed by atoms with E-state index in [0.29, 0.717) is 13.1 Å². The van der Waals surface area contributed by atoms with E-state index in [0.717, 1.165) is 24.5 Å². The molecule has 10 heteroatoms. The molecule has 0 aliphatic carbocycles. The average Bonchev–Trinajstić information content (AvgIpc) is 2.74. The number of piperazine rings is 1. The first kappa shape index (κ1) is 22.6. The Morgan fingerprint density at radius 2 is 1.74 bits per heavy atom. The van der Waals surface area contributed by atoms with E-state index in [2.05, 4.69) is 24.9 Å². The second-order valence-corrected chi connectivity index (χ2v) is 8.42. The van der Waals surface area contributed by atoms with Crippen LogP contribution in [0.2, 0.25) is 5.02 Å². The van der Waals surface area contributed by atoms with Crippen LogP contribution in [0.25, 0.3) is 0 Å². The lowest BCUT2D eigenvalue weighted by Crippen LogP contribution is -2.50. The zero-order chi connectivity index (χ0) is 22.6. The van der Waals surface area contributed by atoms with Crippen LogP contribution in [0.3, 0.4) is 0 Å². The molecule has 1 N–H and O–H groups in total. The maximum Gasteiger partial charge on any atom is 0.410 e. The molecule has 0 unspecified atom stereocenters. The highest BCUT2D eigenvalue weighted by Crippen LogP contribution is 2.23. The Morgan fingerprint density at radius 3 is 2.32 bits per heavy atom. The van der Waals surface area contributed by atoms with Crippen molar-refractivity contribution in [1.29, 1.82) is 0 Å². The van der Waals surface area contributed by atoms with E-state index in [9.17, 15) is 9.59 Å². The zero-order valence-corrected chi connectivity index (χ0v) is 18.8. The van der Waals surface area contributed by atoms with Crippen molar-refractivity contribution in [2.45, 2.75) is 26.4 Å². The predicted molar refractivity (Wildman–Crippen MR) is 118 cm³/mol. The van der Waals surface area contributed by atoms with Crippen molar-refractivity contribution < 1.29 is 19.1 Å². The Bertz CT molecular complexity index is 938. The molecule has 166 valence electrons. The molecule has 9 nitrogen and oxygen atoms in total. The van der Waals surface area contributed by atoms with Crippen molar-refractivity contribution in [3.8, 4) is 0 Å². The lowest BCUT2D eigenvalue weighted by Gasteiger charge is -2.36. The molecule has 31 heavy (non-hydrogen) atoms. The van der Waals surface area contributed by atoms with Crippen LogP contribution in [0, 0.1) is 0 Å². The summed E-state index contributed by atoms with van der Waals surface area (Å²) >= 11 is 5.95. The van der Waals surface area contributed by atoms with Gasteiger partial charge in [0.25, 0.3) is 0 Å². The molecule has 3 rings (SSSR count). The third-order valence-corrected chi connectivity index (χ3v) is 4.82. The third-order valence-electron chi connectivity index (χ3n) is 4.54. The van der Waals surface area contributed by atoms with Gasteiger partial charge in [0, 0.05) is 37.6 Å². The Hall–Kier alpha value is -3.07. The van der Waals surface area contributed by atoms with Gasteiger partial charge in [0.15, 0.2) is 5.69 Å². The highest BCUT2D eigenvalue weighted by atomic mass is 35.5. The summed E-state index contributed by atoms with van der Waals surface area (Å²) in [6.45, 7) is 8.23. The van der Waals surface area contributed by atoms with Crippen LogP contribution >= 0.6 is 11.6 Å². The fourth-order valence-corrected chi connectivity index (χ4v) is 3.19. The molecule has 2 aromatic rings. The van der Waals surface area contributed by atoms with Crippen LogP contribution in [-0.2, 0) is 9.47 Å². The molecule has 0 radical (unpaired) electrons. The Morgan fingerprint density at radius 1 is 1.10 bits per heavy atom. The monoisotopic (exact) mass is 447 g/mol. The van der Waals surface area contributed by atoms with Crippen molar-refractivity contribution in [2.75, 3.05) is 43.5 Å². The Kier molecular flexibility index (Phi) is 6.84. The molecule has 1 aromatic carbocycles. The van der Waals surface area contributed by atoms with Crippen LogP contribution in [-0.4, -0.2) is 65.8 Å². The molecule has 1 aliphatic rings. The molecular formula is C21H26ClN5O4. The number of aromatic nitrogens is 2. The van der Waals surface area contributed by atoms with Crippen molar-refractivity contribution >= 4 is 41.0 Å². The molecule has 1 fully saturated rings.